The number of carbonyl (C=O) groups is 2. The summed E-state index contributed by atoms with van der Waals surface area (Å²) in [7, 11) is 0. The Labute approximate surface area is 137 Å². The van der Waals surface area contributed by atoms with E-state index in [0.717, 1.165) is 10.9 Å². The van der Waals surface area contributed by atoms with Gasteiger partial charge in [-0.25, -0.2) is 9.59 Å². The van der Waals surface area contributed by atoms with Crippen molar-refractivity contribution in [3.8, 4) is 5.75 Å². The Morgan fingerprint density at radius 2 is 1.86 bits per heavy atom. The van der Waals surface area contributed by atoms with Gasteiger partial charge in [0.2, 0.25) is 0 Å². The summed E-state index contributed by atoms with van der Waals surface area (Å²) in [5.41, 5.74) is 0.461. The highest BCUT2D eigenvalue weighted by atomic mass is 79.9. The van der Waals surface area contributed by atoms with Crippen molar-refractivity contribution < 1.29 is 23.8 Å². The van der Waals surface area contributed by atoms with Gasteiger partial charge in [0, 0.05) is 23.9 Å². The second-order valence-electron chi connectivity index (χ2n) is 5.27. The van der Waals surface area contributed by atoms with E-state index in [9.17, 15) is 9.59 Å². The van der Waals surface area contributed by atoms with Crippen LogP contribution in [-0.2, 0) is 19.1 Å². The molecule has 1 aromatic rings. The van der Waals surface area contributed by atoms with Gasteiger partial charge in [-0.3, -0.25) is 0 Å². The van der Waals surface area contributed by atoms with E-state index in [4.69, 9.17) is 14.2 Å². The molecule has 1 aliphatic heterocycles. The van der Waals surface area contributed by atoms with E-state index in [-0.39, 0.29) is 5.57 Å². The highest BCUT2D eigenvalue weighted by Crippen LogP contribution is 2.29. The number of cyclic esters (lactones) is 2. The first kappa shape index (κ1) is 16.5. The molecule has 1 heterocycles. The standard InChI is InChI=1S/C16H17BrO5/c1-4-7-20-13-9-11(17)6-5-10(13)8-12-14(18)21-16(2,3)22-15(12)19/h5-6,8-9H,4,7H2,1-3H3. The predicted octanol–water partition coefficient (Wildman–Crippen LogP) is 3.46. The second-order valence-corrected chi connectivity index (χ2v) is 6.18. The first-order chi connectivity index (χ1) is 10.3. The largest absolute Gasteiger partial charge is 0.493 e. The van der Waals surface area contributed by atoms with Crippen LogP contribution < -0.4 is 4.74 Å². The van der Waals surface area contributed by atoms with Crippen LogP contribution in [0.3, 0.4) is 0 Å². The summed E-state index contributed by atoms with van der Waals surface area (Å²) in [6.45, 7) is 5.55. The number of rotatable bonds is 4. The van der Waals surface area contributed by atoms with Crippen LogP contribution in [0.2, 0.25) is 0 Å². The lowest BCUT2D eigenvalue weighted by Gasteiger charge is -2.29. The minimum absolute atomic E-state index is 0.150. The van der Waals surface area contributed by atoms with Gasteiger partial charge in [0.15, 0.2) is 0 Å². The van der Waals surface area contributed by atoms with Crippen molar-refractivity contribution in [2.24, 2.45) is 0 Å². The molecule has 0 unspecified atom stereocenters. The Bertz CT molecular complexity index is 611. The third-order valence-corrected chi connectivity index (χ3v) is 3.35. The second kappa shape index (κ2) is 6.52. The fourth-order valence-electron chi connectivity index (χ4n) is 1.90. The van der Waals surface area contributed by atoms with Crippen LogP contribution in [0.1, 0.15) is 32.8 Å². The average Bonchev–Trinajstić information content (AvgIpc) is 2.41. The molecule has 1 saturated heterocycles. The van der Waals surface area contributed by atoms with E-state index in [1.807, 2.05) is 6.92 Å². The highest BCUT2D eigenvalue weighted by Gasteiger charge is 2.38. The van der Waals surface area contributed by atoms with E-state index in [0.29, 0.717) is 17.9 Å². The summed E-state index contributed by atoms with van der Waals surface area (Å²) in [5.74, 6) is -2.07. The average molecular weight is 369 g/mol. The molecular weight excluding hydrogens is 352 g/mol. The molecule has 6 heteroatoms. The summed E-state index contributed by atoms with van der Waals surface area (Å²) >= 11 is 3.37. The molecule has 0 N–H and O–H groups in total. The summed E-state index contributed by atoms with van der Waals surface area (Å²) in [6.07, 6.45) is 2.28. The summed E-state index contributed by atoms with van der Waals surface area (Å²) in [5, 5.41) is 0. The molecule has 2 rings (SSSR count). The van der Waals surface area contributed by atoms with Gasteiger partial charge in [0.25, 0.3) is 5.79 Å². The van der Waals surface area contributed by atoms with Crippen LogP contribution in [0, 0.1) is 0 Å². The minimum Gasteiger partial charge on any atom is -0.493 e. The third kappa shape index (κ3) is 3.88. The molecule has 1 aliphatic rings. The van der Waals surface area contributed by atoms with Crippen molar-refractivity contribution in [1.29, 1.82) is 0 Å². The Balaban J connectivity index is 2.36. The molecule has 5 nitrogen and oxygen atoms in total. The molecule has 0 atom stereocenters. The van der Waals surface area contributed by atoms with Crippen molar-refractivity contribution in [3.05, 3.63) is 33.8 Å². The Morgan fingerprint density at radius 1 is 1.23 bits per heavy atom. The van der Waals surface area contributed by atoms with Crippen LogP contribution >= 0.6 is 15.9 Å². The van der Waals surface area contributed by atoms with Crippen LogP contribution in [0.15, 0.2) is 28.2 Å². The molecule has 118 valence electrons. The van der Waals surface area contributed by atoms with Crippen LogP contribution in [-0.4, -0.2) is 24.3 Å². The number of ether oxygens (including phenoxy) is 3. The van der Waals surface area contributed by atoms with Gasteiger partial charge in [0.1, 0.15) is 11.3 Å². The minimum atomic E-state index is -1.24. The normalized spacial score (nSPS) is 16.8. The first-order valence-electron chi connectivity index (χ1n) is 6.93. The zero-order chi connectivity index (χ0) is 16.3. The Morgan fingerprint density at radius 3 is 2.45 bits per heavy atom. The molecular formula is C16H17BrO5. The van der Waals surface area contributed by atoms with Gasteiger partial charge in [-0.15, -0.1) is 0 Å². The van der Waals surface area contributed by atoms with Crippen molar-refractivity contribution in [3.63, 3.8) is 0 Å². The maximum atomic E-state index is 12.0. The number of hydrogen-bond donors (Lipinski definition) is 0. The lowest BCUT2D eigenvalue weighted by molar-refractivity contribution is -0.222. The van der Waals surface area contributed by atoms with E-state index in [1.165, 1.54) is 19.9 Å². The number of esters is 2. The molecule has 22 heavy (non-hydrogen) atoms. The topological polar surface area (TPSA) is 61.8 Å². The highest BCUT2D eigenvalue weighted by molar-refractivity contribution is 9.10. The smallest absolute Gasteiger partial charge is 0.348 e. The van der Waals surface area contributed by atoms with E-state index < -0.39 is 17.7 Å². The van der Waals surface area contributed by atoms with E-state index >= 15 is 0 Å². The first-order valence-corrected chi connectivity index (χ1v) is 7.72. The fourth-order valence-corrected chi connectivity index (χ4v) is 2.24. The predicted molar refractivity (Wildman–Crippen MR) is 84.2 cm³/mol. The summed E-state index contributed by atoms with van der Waals surface area (Å²) in [6, 6.07) is 5.34. The van der Waals surface area contributed by atoms with Gasteiger partial charge in [0.05, 0.1) is 6.61 Å². The monoisotopic (exact) mass is 368 g/mol. The number of hydrogen-bond acceptors (Lipinski definition) is 5. The number of halogens is 1. The van der Waals surface area contributed by atoms with Crippen LogP contribution in [0.25, 0.3) is 6.08 Å². The maximum absolute atomic E-state index is 12.0. The van der Waals surface area contributed by atoms with Crippen LogP contribution in [0.5, 0.6) is 5.75 Å². The van der Waals surface area contributed by atoms with Crippen molar-refractivity contribution >= 4 is 33.9 Å². The molecule has 0 spiro atoms. The van der Waals surface area contributed by atoms with E-state index in [1.54, 1.807) is 18.2 Å². The maximum Gasteiger partial charge on any atom is 0.348 e. The SMILES string of the molecule is CCCOc1cc(Br)ccc1C=C1C(=O)OC(C)(C)OC1=O. The number of benzene rings is 1. The fraction of sp³-hybridized carbons (Fsp3) is 0.375. The van der Waals surface area contributed by atoms with Gasteiger partial charge in [-0.2, -0.15) is 0 Å². The molecule has 0 aromatic heterocycles. The van der Waals surface area contributed by atoms with Crippen molar-refractivity contribution in [1.82, 2.24) is 0 Å². The molecule has 1 fully saturated rings. The van der Waals surface area contributed by atoms with Gasteiger partial charge >= 0.3 is 11.9 Å². The molecule has 0 bridgehead atoms. The van der Waals surface area contributed by atoms with Gasteiger partial charge in [-0.1, -0.05) is 28.9 Å². The Kier molecular flexibility index (Phi) is 4.90. The number of carbonyl (C=O) groups excluding carboxylic acids is 2. The quantitative estimate of drug-likeness (QED) is 0.462. The summed E-state index contributed by atoms with van der Waals surface area (Å²) < 4.78 is 16.6. The van der Waals surface area contributed by atoms with Crippen LogP contribution in [0.4, 0.5) is 0 Å². The molecule has 1 aromatic carbocycles. The molecule has 0 saturated carbocycles. The lowest BCUT2D eigenvalue weighted by Crippen LogP contribution is -2.41. The van der Waals surface area contributed by atoms with Gasteiger partial charge < -0.3 is 14.2 Å². The lowest BCUT2D eigenvalue weighted by atomic mass is 10.1. The van der Waals surface area contributed by atoms with Crippen molar-refractivity contribution in [2.75, 3.05) is 6.61 Å². The van der Waals surface area contributed by atoms with E-state index in [2.05, 4.69) is 15.9 Å². The zero-order valence-electron chi connectivity index (χ0n) is 12.6. The zero-order valence-corrected chi connectivity index (χ0v) is 14.2. The molecule has 0 radical (unpaired) electrons. The van der Waals surface area contributed by atoms with Gasteiger partial charge in [-0.05, 0) is 24.6 Å². The Hall–Kier alpha value is -1.82. The third-order valence-electron chi connectivity index (χ3n) is 2.85. The van der Waals surface area contributed by atoms with Crippen molar-refractivity contribution in [2.45, 2.75) is 33.0 Å². The molecule has 0 amide bonds. The molecule has 0 aliphatic carbocycles. The summed E-state index contributed by atoms with van der Waals surface area (Å²) in [4.78, 5) is 24.0.